The number of aryl methyl sites for hydroxylation is 1. The van der Waals surface area contributed by atoms with Gasteiger partial charge in [-0.1, -0.05) is 30.3 Å². The quantitative estimate of drug-likeness (QED) is 0.660. The van der Waals surface area contributed by atoms with Crippen molar-refractivity contribution in [1.29, 1.82) is 0 Å². The number of hydrogen-bond donors (Lipinski definition) is 0. The molecule has 4 rings (SSSR count). The number of rotatable bonds is 1. The third-order valence-electron chi connectivity index (χ3n) is 3.89. The number of hydrogen-bond acceptors (Lipinski definition) is 3. The summed E-state index contributed by atoms with van der Waals surface area (Å²) >= 11 is 0. The number of fused-ring (bicyclic) bond motifs is 3. The predicted octanol–water partition coefficient (Wildman–Crippen LogP) is 4.07. The van der Waals surface area contributed by atoms with Gasteiger partial charge in [0, 0.05) is 30.2 Å². The summed E-state index contributed by atoms with van der Waals surface area (Å²) < 4.78 is 6.12. The molecule has 0 saturated carbocycles. The standard InChI is InChI=1S/C17H16N2O/c1-12-7-8-14-13-5-3-4-6-15(13)20-17(14)16(12)19-10-9-18(2)11-19/h3-10H,11H2,1-2H3. The van der Waals surface area contributed by atoms with Gasteiger partial charge in [-0.3, -0.25) is 0 Å². The van der Waals surface area contributed by atoms with E-state index in [-0.39, 0.29) is 0 Å². The van der Waals surface area contributed by atoms with Crippen molar-refractivity contribution in [1.82, 2.24) is 4.90 Å². The molecule has 3 nitrogen and oxygen atoms in total. The summed E-state index contributed by atoms with van der Waals surface area (Å²) in [5.74, 6) is 0. The minimum atomic E-state index is 0.858. The first-order chi connectivity index (χ1) is 9.74. The fourth-order valence-corrected chi connectivity index (χ4v) is 2.90. The third-order valence-corrected chi connectivity index (χ3v) is 3.89. The van der Waals surface area contributed by atoms with Gasteiger partial charge in [-0.05, 0) is 18.6 Å². The number of para-hydroxylation sites is 1. The molecule has 1 aromatic heterocycles. The first-order valence-electron chi connectivity index (χ1n) is 6.80. The van der Waals surface area contributed by atoms with Crippen LogP contribution in [-0.2, 0) is 0 Å². The molecule has 0 saturated heterocycles. The Morgan fingerprint density at radius 1 is 1.00 bits per heavy atom. The fourth-order valence-electron chi connectivity index (χ4n) is 2.90. The second-order valence-electron chi connectivity index (χ2n) is 5.37. The molecular formula is C17H16N2O. The molecule has 100 valence electrons. The van der Waals surface area contributed by atoms with Crippen LogP contribution in [0.5, 0.6) is 0 Å². The maximum Gasteiger partial charge on any atom is 0.159 e. The molecule has 1 aliphatic heterocycles. The zero-order valence-corrected chi connectivity index (χ0v) is 11.6. The normalized spacial score (nSPS) is 14.9. The van der Waals surface area contributed by atoms with Crippen molar-refractivity contribution in [3.05, 3.63) is 54.4 Å². The van der Waals surface area contributed by atoms with Crippen LogP contribution in [0.25, 0.3) is 21.9 Å². The van der Waals surface area contributed by atoms with Crippen LogP contribution in [0.1, 0.15) is 5.56 Å². The topological polar surface area (TPSA) is 19.6 Å². The van der Waals surface area contributed by atoms with Crippen molar-refractivity contribution < 1.29 is 4.42 Å². The number of benzene rings is 2. The molecule has 2 heterocycles. The molecule has 3 aromatic rings. The molecule has 0 unspecified atom stereocenters. The lowest BCUT2D eigenvalue weighted by Crippen LogP contribution is -2.22. The van der Waals surface area contributed by atoms with Crippen LogP contribution < -0.4 is 4.90 Å². The monoisotopic (exact) mass is 264 g/mol. The molecule has 0 spiro atoms. The molecule has 0 N–H and O–H groups in total. The van der Waals surface area contributed by atoms with E-state index in [0.717, 1.165) is 17.8 Å². The fraction of sp³-hybridized carbons (Fsp3) is 0.176. The van der Waals surface area contributed by atoms with Crippen LogP contribution in [0.4, 0.5) is 5.69 Å². The second-order valence-corrected chi connectivity index (χ2v) is 5.37. The average molecular weight is 264 g/mol. The van der Waals surface area contributed by atoms with Crippen LogP contribution in [0.15, 0.2) is 53.2 Å². The Bertz CT molecular complexity index is 831. The van der Waals surface area contributed by atoms with Gasteiger partial charge in [-0.15, -0.1) is 0 Å². The number of furan rings is 1. The van der Waals surface area contributed by atoms with Crippen LogP contribution in [-0.4, -0.2) is 18.6 Å². The maximum atomic E-state index is 6.12. The molecule has 0 radical (unpaired) electrons. The van der Waals surface area contributed by atoms with Crippen LogP contribution >= 0.6 is 0 Å². The van der Waals surface area contributed by atoms with E-state index in [1.807, 2.05) is 12.1 Å². The second kappa shape index (κ2) is 4.04. The van der Waals surface area contributed by atoms with E-state index >= 15 is 0 Å². The lowest BCUT2D eigenvalue weighted by molar-refractivity contribution is 0.495. The van der Waals surface area contributed by atoms with Crippen molar-refractivity contribution >= 4 is 27.6 Å². The molecule has 3 heteroatoms. The Kier molecular flexibility index (Phi) is 2.30. The molecule has 20 heavy (non-hydrogen) atoms. The van der Waals surface area contributed by atoms with E-state index in [1.54, 1.807) is 0 Å². The lowest BCUT2D eigenvalue weighted by Gasteiger charge is -2.20. The molecule has 0 atom stereocenters. The van der Waals surface area contributed by atoms with Crippen molar-refractivity contribution in [2.75, 3.05) is 18.6 Å². The molecular weight excluding hydrogens is 248 g/mol. The number of nitrogens with zero attached hydrogens (tertiary/aromatic N) is 2. The Balaban J connectivity index is 2.04. The smallest absolute Gasteiger partial charge is 0.159 e. The van der Waals surface area contributed by atoms with Gasteiger partial charge in [0.1, 0.15) is 5.58 Å². The van der Waals surface area contributed by atoms with E-state index in [9.17, 15) is 0 Å². The minimum absolute atomic E-state index is 0.858. The largest absolute Gasteiger partial charge is 0.454 e. The Hall–Kier alpha value is -2.42. The van der Waals surface area contributed by atoms with Gasteiger partial charge in [-0.2, -0.15) is 0 Å². The van der Waals surface area contributed by atoms with Crippen LogP contribution in [0, 0.1) is 6.92 Å². The van der Waals surface area contributed by atoms with Gasteiger partial charge in [0.15, 0.2) is 5.58 Å². The highest BCUT2D eigenvalue weighted by Gasteiger charge is 2.19. The van der Waals surface area contributed by atoms with E-state index in [2.05, 4.69) is 60.4 Å². The molecule has 1 aliphatic rings. The van der Waals surface area contributed by atoms with Crippen molar-refractivity contribution in [3.8, 4) is 0 Å². The average Bonchev–Trinajstić information content (AvgIpc) is 3.02. The molecule has 0 amide bonds. The van der Waals surface area contributed by atoms with Gasteiger partial charge >= 0.3 is 0 Å². The Morgan fingerprint density at radius 2 is 1.85 bits per heavy atom. The summed E-state index contributed by atoms with van der Waals surface area (Å²) in [6, 6.07) is 12.5. The minimum Gasteiger partial charge on any atom is -0.454 e. The van der Waals surface area contributed by atoms with E-state index in [1.165, 1.54) is 22.0 Å². The van der Waals surface area contributed by atoms with Crippen molar-refractivity contribution in [2.45, 2.75) is 6.92 Å². The zero-order chi connectivity index (χ0) is 13.7. The maximum absolute atomic E-state index is 6.12. The van der Waals surface area contributed by atoms with Crippen LogP contribution in [0.2, 0.25) is 0 Å². The highest BCUT2D eigenvalue weighted by molar-refractivity contribution is 6.09. The summed E-state index contributed by atoms with van der Waals surface area (Å²) in [5, 5.41) is 2.37. The van der Waals surface area contributed by atoms with Gasteiger partial charge in [-0.25, -0.2) is 0 Å². The molecule has 0 aliphatic carbocycles. The first-order valence-corrected chi connectivity index (χ1v) is 6.80. The molecule has 2 aromatic carbocycles. The lowest BCUT2D eigenvalue weighted by atomic mass is 10.1. The third kappa shape index (κ3) is 1.53. The Morgan fingerprint density at radius 3 is 2.65 bits per heavy atom. The zero-order valence-electron chi connectivity index (χ0n) is 11.6. The summed E-state index contributed by atoms with van der Waals surface area (Å²) in [7, 11) is 2.07. The van der Waals surface area contributed by atoms with Gasteiger partial charge < -0.3 is 14.2 Å². The SMILES string of the molecule is Cc1ccc2c(oc3ccccc32)c1N1C=CN(C)C1. The van der Waals surface area contributed by atoms with Gasteiger partial charge in [0.2, 0.25) is 0 Å². The van der Waals surface area contributed by atoms with E-state index in [0.29, 0.717) is 0 Å². The summed E-state index contributed by atoms with van der Waals surface area (Å²) in [6.07, 6.45) is 4.19. The van der Waals surface area contributed by atoms with Crippen molar-refractivity contribution in [2.24, 2.45) is 0 Å². The first kappa shape index (κ1) is 11.4. The van der Waals surface area contributed by atoms with Crippen molar-refractivity contribution in [3.63, 3.8) is 0 Å². The summed E-state index contributed by atoms with van der Waals surface area (Å²) in [5.41, 5.74) is 4.33. The van der Waals surface area contributed by atoms with E-state index in [4.69, 9.17) is 4.42 Å². The van der Waals surface area contributed by atoms with Gasteiger partial charge in [0.05, 0.1) is 12.4 Å². The highest BCUT2D eigenvalue weighted by atomic mass is 16.3. The van der Waals surface area contributed by atoms with Gasteiger partial charge in [0.25, 0.3) is 0 Å². The molecule has 0 bridgehead atoms. The highest BCUT2D eigenvalue weighted by Crippen LogP contribution is 2.38. The van der Waals surface area contributed by atoms with Crippen LogP contribution in [0.3, 0.4) is 0 Å². The van der Waals surface area contributed by atoms with E-state index < -0.39 is 0 Å². The Labute approximate surface area is 117 Å². The number of anilines is 1. The summed E-state index contributed by atoms with van der Waals surface area (Å²) in [6.45, 7) is 2.99. The predicted molar refractivity (Wildman–Crippen MR) is 82.7 cm³/mol. The summed E-state index contributed by atoms with van der Waals surface area (Å²) in [4.78, 5) is 4.39. The molecule has 0 fully saturated rings.